The van der Waals surface area contributed by atoms with E-state index in [0.29, 0.717) is 0 Å². The van der Waals surface area contributed by atoms with Gasteiger partial charge in [0, 0.05) is 19.6 Å². The highest BCUT2D eigenvalue weighted by Crippen LogP contribution is 2.30. The van der Waals surface area contributed by atoms with Crippen LogP contribution in [-0.4, -0.2) is 36.3 Å². The van der Waals surface area contributed by atoms with Gasteiger partial charge in [-0.2, -0.15) is 4.98 Å². The quantitative estimate of drug-likeness (QED) is 0.866. The molecule has 5 nitrogen and oxygen atoms in total. The standard InChI is InChI=1S/C13H22N4O/c1-13(6-7-14-10-13)11-15-12(16-18-11)17-8-4-2-3-5-9-17/h14H,2-10H2,1H3. The Kier molecular flexibility index (Phi) is 3.24. The highest BCUT2D eigenvalue weighted by molar-refractivity contribution is 5.29. The van der Waals surface area contributed by atoms with Crippen LogP contribution in [0.1, 0.15) is 44.9 Å². The van der Waals surface area contributed by atoms with Gasteiger partial charge in [-0.05, 0) is 37.9 Å². The molecular formula is C13H22N4O. The molecule has 1 unspecified atom stereocenters. The Labute approximate surface area is 108 Å². The van der Waals surface area contributed by atoms with E-state index in [1.807, 2.05) is 0 Å². The van der Waals surface area contributed by atoms with Gasteiger partial charge in [-0.1, -0.05) is 12.8 Å². The van der Waals surface area contributed by atoms with Gasteiger partial charge in [-0.15, -0.1) is 0 Å². The summed E-state index contributed by atoms with van der Waals surface area (Å²) in [6, 6.07) is 0. The predicted octanol–water partition coefficient (Wildman–Crippen LogP) is 1.70. The van der Waals surface area contributed by atoms with E-state index in [1.54, 1.807) is 0 Å². The van der Waals surface area contributed by atoms with Crippen molar-refractivity contribution in [3.05, 3.63) is 5.89 Å². The minimum atomic E-state index is 0.0249. The van der Waals surface area contributed by atoms with Crippen LogP contribution in [0.15, 0.2) is 4.52 Å². The lowest BCUT2D eigenvalue weighted by Gasteiger charge is -2.18. The van der Waals surface area contributed by atoms with E-state index >= 15 is 0 Å². The minimum absolute atomic E-state index is 0.0249. The van der Waals surface area contributed by atoms with Crippen LogP contribution in [0, 0.1) is 0 Å². The van der Waals surface area contributed by atoms with E-state index in [4.69, 9.17) is 4.52 Å². The number of nitrogens with zero attached hydrogens (tertiary/aromatic N) is 3. The summed E-state index contributed by atoms with van der Waals surface area (Å²) in [6.07, 6.45) is 6.20. The average Bonchev–Trinajstić information content (AvgIpc) is 2.94. The van der Waals surface area contributed by atoms with Crippen molar-refractivity contribution < 1.29 is 4.52 Å². The van der Waals surface area contributed by atoms with E-state index in [1.165, 1.54) is 25.7 Å². The first-order chi connectivity index (χ1) is 8.78. The molecule has 1 aromatic rings. The average molecular weight is 250 g/mol. The van der Waals surface area contributed by atoms with Gasteiger partial charge in [0.25, 0.3) is 5.95 Å². The Morgan fingerprint density at radius 1 is 1.22 bits per heavy atom. The first-order valence-corrected chi connectivity index (χ1v) is 7.08. The Hall–Kier alpha value is -1.10. The SMILES string of the molecule is CC1(c2nc(N3CCCCCC3)no2)CCNC1. The summed E-state index contributed by atoms with van der Waals surface area (Å²) < 4.78 is 5.50. The van der Waals surface area contributed by atoms with Crippen molar-refractivity contribution in [3.8, 4) is 0 Å². The topological polar surface area (TPSA) is 54.2 Å². The number of rotatable bonds is 2. The highest BCUT2D eigenvalue weighted by atomic mass is 16.5. The molecule has 0 amide bonds. The molecule has 1 atom stereocenters. The molecule has 0 saturated carbocycles. The summed E-state index contributed by atoms with van der Waals surface area (Å²) in [6.45, 7) is 6.31. The molecule has 0 aromatic carbocycles. The van der Waals surface area contributed by atoms with Crippen molar-refractivity contribution in [2.45, 2.75) is 44.4 Å². The fourth-order valence-electron chi connectivity index (χ4n) is 2.86. The third kappa shape index (κ3) is 2.23. The van der Waals surface area contributed by atoms with Crippen molar-refractivity contribution in [3.63, 3.8) is 0 Å². The molecule has 5 heteroatoms. The maximum absolute atomic E-state index is 5.50. The Bertz CT molecular complexity index is 389. The maximum Gasteiger partial charge on any atom is 0.266 e. The van der Waals surface area contributed by atoms with Crippen LogP contribution in [0.2, 0.25) is 0 Å². The third-order valence-corrected chi connectivity index (χ3v) is 4.19. The highest BCUT2D eigenvalue weighted by Gasteiger charge is 2.36. The molecule has 0 aliphatic carbocycles. The van der Waals surface area contributed by atoms with Gasteiger partial charge in [0.1, 0.15) is 0 Å². The molecule has 2 aliphatic heterocycles. The van der Waals surface area contributed by atoms with Gasteiger partial charge in [0.15, 0.2) is 0 Å². The molecule has 1 aromatic heterocycles. The molecule has 2 saturated heterocycles. The van der Waals surface area contributed by atoms with Crippen LogP contribution in [-0.2, 0) is 5.41 Å². The molecule has 0 bridgehead atoms. The van der Waals surface area contributed by atoms with Gasteiger partial charge in [0.2, 0.25) is 5.89 Å². The second kappa shape index (κ2) is 4.88. The predicted molar refractivity (Wildman–Crippen MR) is 69.8 cm³/mol. The number of nitrogens with one attached hydrogen (secondary N) is 1. The second-order valence-corrected chi connectivity index (χ2v) is 5.79. The number of hydrogen-bond acceptors (Lipinski definition) is 5. The molecule has 3 heterocycles. The van der Waals surface area contributed by atoms with Crippen LogP contribution in [0.5, 0.6) is 0 Å². The van der Waals surface area contributed by atoms with Crippen molar-refractivity contribution in [1.82, 2.24) is 15.5 Å². The van der Waals surface area contributed by atoms with Crippen LogP contribution in [0.4, 0.5) is 5.95 Å². The Morgan fingerprint density at radius 2 is 2.00 bits per heavy atom. The van der Waals surface area contributed by atoms with Crippen LogP contribution in [0.25, 0.3) is 0 Å². The molecule has 3 rings (SSSR count). The Balaban J connectivity index is 1.76. The van der Waals surface area contributed by atoms with E-state index < -0.39 is 0 Å². The van der Waals surface area contributed by atoms with Crippen molar-refractivity contribution in [1.29, 1.82) is 0 Å². The summed E-state index contributed by atoms with van der Waals surface area (Å²) in [7, 11) is 0. The minimum Gasteiger partial charge on any atom is -0.338 e. The molecular weight excluding hydrogens is 228 g/mol. The molecule has 2 aliphatic rings. The molecule has 18 heavy (non-hydrogen) atoms. The zero-order valence-corrected chi connectivity index (χ0v) is 11.1. The van der Waals surface area contributed by atoms with Gasteiger partial charge >= 0.3 is 0 Å². The third-order valence-electron chi connectivity index (χ3n) is 4.19. The van der Waals surface area contributed by atoms with E-state index in [9.17, 15) is 0 Å². The van der Waals surface area contributed by atoms with Gasteiger partial charge in [0.05, 0.1) is 5.41 Å². The largest absolute Gasteiger partial charge is 0.338 e. The van der Waals surface area contributed by atoms with Crippen molar-refractivity contribution >= 4 is 5.95 Å². The van der Waals surface area contributed by atoms with E-state index in [0.717, 1.165) is 44.4 Å². The molecule has 1 N–H and O–H groups in total. The summed E-state index contributed by atoms with van der Waals surface area (Å²) in [4.78, 5) is 6.91. The number of anilines is 1. The fraction of sp³-hybridized carbons (Fsp3) is 0.846. The maximum atomic E-state index is 5.50. The second-order valence-electron chi connectivity index (χ2n) is 5.79. The zero-order valence-electron chi connectivity index (χ0n) is 11.1. The lowest BCUT2D eigenvalue weighted by molar-refractivity contribution is 0.306. The molecule has 2 fully saturated rings. The first-order valence-electron chi connectivity index (χ1n) is 7.08. The lowest BCUT2D eigenvalue weighted by atomic mass is 9.90. The van der Waals surface area contributed by atoms with Crippen LogP contribution < -0.4 is 10.2 Å². The smallest absolute Gasteiger partial charge is 0.266 e. The van der Waals surface area contributed by atoms with E-state index in [2.05, 4.69) is 27.3 Å². The monoisotopic (exact) mass is 250 g/mol. The van der Waals surface area contributed by atoms with Crippen LogP contribution >= 0.6 is 0 Å². The van der Waals surface area contributed by atoms with Crippen molar-refractivity contribution in [2.24, 2.45) is 0 Å². The van der Waals surface area contributed by atoms with Gasteiger partial charge in [-0.25, -0.2) is 0 Å². The molecule has 100 valence electrons. The summed E-state index contributed by atoms with van der Waals surface area (Å²) in [5.74, 6) is 1.59. The first kappa shape index (κ1) is 12.0. The molecule has 0 radical (unpaired) electrons. The van der Waals surface area contributed by atoms with Gasteiger partial charge < -0.3 is 14.7 Å². The normalized spacial score (nSPS) is 29.5. The fourth-order valence-corrected chi connectivity index (χ4v) is 2.86. The Morgan fingerprint density at radius 3 is 2.67 bits per heavy atom. The van der Waals surface area contributed by atoms with E-state index in [-0.39, 0.29) is 5.41 Å². The van der Waals surface area contributed by atoms with Crippen molar-refractivity contribution in [2.75, 3.05) is 31.1 Å². The zero-order chi connectivity index (χ0) is 12.4. The summed E-state index contributed by atoms with van der Waals surface area (Å²) in [5, 5.41) is 7.55. The number of hydrogen-bond donors (Lipinski definition) is 1. The van der Waals surface area contributed by atoms with Crippen LogP contribution in [0.3, 0.4) is 0 Å². The molecule has 0 spiro atoms. The van der Waals surface area contributed by atoms with Gasteiger partial charge in [-0.3, -0.25) is 0 Å². The summed E-state index contributed by atoms with van der Waals surface area (Å²) >= 11 is 0. The summed E-state index contributed by atoms with van der Waals surface area (Å²) in [5.41, 5.74) is 0.0249. The number of aromatic nitrogens is 2. The lowest BCUT2D eigenvalue weighted by Crippen LogP contribution is -2.27.